The molecule has 45 heavy (non-hydrogen) atoms. The van der Waals surface area contributed by atoms with Crippen LogP contribution in [0.1, 0.15) is 12.5 Å². The lowest BCUT2D eigenvalue weighted by Gasteiger charge is -2.16. The highest BCUT2D eigenvalue weighted by Crippen LogP contribution is 2.45. The van der Waals surface area contributed by atoms with Gasteiger partial charge in [-0.05, 0) is 12.1 Å². The number of hydrogen-bond donors (Lipinski definition) is 7. The molecule has 4 unspecified atom stereocenters. The van der Waals surface area contributed by atoms with Crippen molar-refractivity contribution in [1.82, 2.24) is 24.0 Å². The van der Waals surface area contributed by atoms with Gasteiger partial charge in [0.05, 0.1) is 0 Å². The second-order valence-electron chi connectivity index (χ2n) is 8.99. The first kappa shape index (κ1) is 35.2. The SMILES string of the molecule is Nc1ccn([C@@H]2O[C@H](CO[P+](=O)O[P+](=O)N[P+](=O)O[P+](=O)OC[C@@H]3O[C@H](n4ccc(N)nc4=O)[C@@H](O)[C@H]3O)[C@@H](O)[C@H]2O)c(=O)n1. The third-order valence-corrected chi connectivity index (χ3v) is 10.3. The molecule has 2 aliphatic rings. The van der Waals surface area contributed by atoms with Gasteiger partial charge >= 0.3 is 44.2 Å². The van der Waals surface area contributed by atoms with Crippen molar-refractivity contribution in [2.45, 2.75) is 49.1 Å². The van der Waals surface area contributed by atoms with Crippen LogP contribution in [0.3, 0.4) is 0 Å². The predicted molar refractivity (Wildman–Crippen MR) is 145 cm³/mol. The molecule has 23 nitrogen and oxygen atoms in total. The van der Waals surface area contributed by atoms with Crippen LogP contribution < -0.4 is 27.7 Å². The molecule has 0 aromatic carbocycles. The van der Waals surface area contributed by atoms with Gasteiger partial charge in [0.15, 0.2) is 25.9 Å². The monoisotopic (exact) mass is 719 g/mol. The number of aromatic nitrogens is 4. The van der Waals surface area contributed by atoms with Crippen LogP contribution in [0.2, 0.25) is 0 Å². The fourth-order valence-electron chi connectivity index (χ4n) is 3.97. The van der Waals surface area contributed by atoms with Crippen molar-refractivity contribution < 1.29 is 65.8 Å². The van der Waals surface area contributed by atoms with Gasteiger partial charge in [0.2, 0.25) is 0 Å². The van der Waals surface area contributed by atoms with Crippen LogP contribution in [0.25, 0.3) is 0 Å². The smallest absolute Gasteiger partial charge is 0.387 e. The van der Waals surface area contributed by atoms with Crippen LogP contribution in [0.15, 0.2) is 34.1 Å². The lowest BCUT2D eigenvalue weighted by molar-refractivity contribution is -0.0515. The molecule has 0 radical (unpaired) electrons. The highest BCUT2D eigenvalue weighted by molar-refractivity contribution is 7.60. The molecule has 0 bridgehead atoms. The molecule has 27 heteroatoms. The normalized spacial score (nSPS) is 29.4. The zero-order chi connectivity index (χ0) is 33.0. The topological polar surface area (TPSA) is 338 Å². The predicted octanol–water partition coefficient (Wildman–Crippen LogP) is -1.81. The molecule has 4 rings (SSSR count). The third kappa shape index (κ3) is 8.78. The van der Waals surface area contributed by atoms with E-state index in [2.05, 4.69) is 18.6 Å². The summed E-state index contributed by atoms with van der Waals surface area (Å²) in [7, 11) is -12.9. The summed E-state index contributed by atoms with van der Waals surface area (Å²) in [5.74, 6) is -0.178. The minimum absolute atomic E-state index is 0.0889. The van der Waals surface area contributed by atoms with Crippen LogP contribution in [-0.4, -0.2) is 89.4 Å². The molecule has 0 saturated carbocycles. The van der Waals surface area contributed by atoms with E-state index in [-0.39, 0.29) is 11.6 Å². The summed E-state index contributed by atoms with van der Waals surface area (Å²) in [5.41, 5.74) is 9.06. The van der Waals surface area contributed by atoms with Crippen molar-refractivity contribution in [2.75, 3.05) is 24.7 Å². The van der Waals surface area contributed by atoms with E-state index in [4.69, 9.17) is 30.0 Å². The lowest BCUT2D eigenvalue weighted by atomic mass is 10.1. The fraction of sp³-hybridized carbons (Fsp3) is 0.556. The molecular formula is C18H25N7O16P4+4. The Kier molecular flexibility index (Phi) is 11.9. The number of rotatable bonds is 14. The standard InChI is InChI=1S/C18H23N7O16P4/c19-9-1-3-24(17(30)21-9)15-13(28)11(26)7(38-15)5-36-44(34)40-42(32)23-43(33)41-45(35)37-6-8-12(27)14(29)16(39-8)25-4-2-10(20)22-18(25)31/h1-4,7-8,11-16,26-29H,5-6H2,(H3-2,19,20,21,22,23,30,31,32,33)/q+2/p+2/t7-,8+,11-,12+,13-,14+,15-,16+. The summed E-state index contributed by atoms with van der Waals surface area (Å²) < 4.78 is 79.1. The van der Waals surface area contributed by atoms with E-state index in [1.54, 1.807) is 4.86 Å². The number of aliphatic hydroxyl groups is 4. The molecule has 0 aliphatic carbocycles. The second kappa shape index (κ2) is 15.3. The number of nitrogens with zero attached hydrogens (tertiary/aromatic N) is 4. The molecule has 12 atom stereocenters. The lowest BCUT2D eigenvalue weighted by Crippen LogP contribution is -2.36. The maximum Gasteiger partial charge on any atom is 0.747 e. The zero-order valence-corrected chi connectivity index (χ0v) is 25.8. The van der Waals surface area contributed by atoms with Gasteiger partial charge in [-0.25, -0.2) is 9.59 Å². The molecule has 244 valence electrons. The first-order valence-electron chi connectivity index (χ1n) is 12.2. The fourth-order valence-corrected chi connectivity index (χ4v) is 7.34. The number of nitrogens with one attached hydrogen (secondary N) is 1. The van der Waals surface area contributed by atoms with Gasteiger partial charge in [-0.3, -0.25) is 9.13 Å². The molecule has 4 heterocycles. The van der Waals surface area contributed by atoms with E-state index >= 15 is 0 Å². The number of anilines is 2. The molecule has 9 N–H and O–H groups in total. The largest absolute Gasteiger partial charge is 0.747 e. The number of hydrogen-bond acceptors (Lipinski definition) is 20. The molecule has 0 spiro atoms. The molecule has 2 aliphatic heterocycles. The summed E-state index contributed by atoms with van der Waals surface area (Å²) in [6.07, 6.45) is -9.56. The number of nitrogen functional groups attached to an aromatic ring is 2. The Balaban J connectivity index is 1.17. The number of aliphatic hydroxyl groups excluding tert-OH is 4. The second-order valence-corrected chi connectivity index (χ2v) is 13.5. The average molecular weight is 719 g/mol. The average Bonchev–Trinajstić information content (AvgIpc) is 3.40. The third-order valence-electron chi connectivity index (χ3n) is 6.06. The maximum atomic E-state index is 12.0. The van der Waals surface area contributed by atoms with Gasteiger partial charge in [-0.2, -0.15) is 9.97 Å². The van der Waals surface area contributed by atoms with E-state index in [0.717, 1.165) is 9.13 Å². The van der Waals surface area contributed by atoms with Gasteiger partial charge in [0, 0.05) is 30.7 Å². The first-order chi connectivity index (χ1) is 21.2. The van der Waals surface area contributed by atoms with Crippen molar-refractivity contribution in [3.8, 4) is 0 Å². The Bertz CT molecular complexity index is 1470. The maximum absolute atomic E-state index is 12.0. The van der Waals surface area contributed by atoms with E-state index in [1.165, 1.54) is 24.5 Å². The van der Waals surface area contributed by atoms with Crippen molar-refractivity contribution in [3.05, 3.63) is 45.5 Å². The summed E-state index contributed by atoms with van der Waals surface area (Å²) in [6.45, 7) is -1.36. The molecule has 2 saturated heterocycles. The van der Waals surface area contributed by atoms with Crippen molar-refractivity contribution in [2.24, 2.45) is 0 Å². The summed E-state index contributed by atoms with van der Waals surface area (Å²) >= 11 is 0. The van der Waals surface area contributed by atoms with Crippen LogP contribution in [0.4, 0.5) is 11.6 Å². The molecule has 2 aromatic heterocycles. The van der Waals surface area contributed by atoms with E-state index in [1.807, 2.05) is 0 Å². The Morgan fingerprint density at radius 3 is 1.47 bits per heavy atom. The Morgan fingerprint density at radius 2 is 1.11 bits per heavy atom. The van der Waals surface area contributed by atoms with Gasteiger partial charge < -0.3 is 41.4 Å². The zero-order valence-electron chi connectivity index (χ0n) is 22.3. The molecule has 2 aromatic rings. The van der Waals surface area contributed by atoms with Gasteiger partial charge in [0.25, 0.3) is 0 Å². The van der Waals surface area contributed by atoms with Crippen molar-refractivity contribution >= 4 is 44.5 Å². The summed E-state index contributed by atoms with van der Waals surface area (Å²) in [6, 6.07) is 2.50. The highest BCUT2D eigenvalue weighted by Gasteiger charge is 2.53. The van der Waals surface area contributed by atoms with Gasteiger partial charge in [-0.1, -0.05) is 0 Å². The Morgan fingerprint density at radius 1 is 0.733 bits per heavy atom. The molecular weight excluding hydrogens is 694 g/mol. The molecule has 0 amide bonds. The summed E-state index contributed by atoms with van der Waals surface area (Å²) in [4.78, 5) is 32.6. The van der Waals surface area contributed by atoms with Gasteiger partial charge in [0.1, 0.15) is 61.5 Å². The van der Waals surface area contributed by atoms with Crippen molar-refractivity contribution in [3.63, 3.8) is 0 Å². The quantitative estimate of drug-likeness (QED) is 0.106. The molecule has 2 fully saturated rings. The van der Waals surface area contributed by atoms with E-state index in [9.17, 15) is 48.3 Å². The van der Waals surface area contributed by atoms with Crippen LogP contribution in [-0.2, 0) is 45.4 Å². The number of nitrogens with two attached hydrogens (primary N) is 2. The summed E-state index contributed by atoms with van der Waals surface area (Å²) in [5, 5.41) is 40.8. The van der Waals surface area contributed by atoms with E-state index < -0.39 is 107 Å². The van der Waals surface area contributed by atoms with Crippen LogP contribution >= 0.6 is 32.9 Å². The minimum atomic E-state index is -3.22. The highest BCUT2D eigenvalue weighted by atomic mass is 31.2. The van der Waals surface area contributed by atoms with E-state index in [0.29, 0.717) is 0 Å². The van der Waals surface area contributed by atoms with Gasteiger partial charge in [-0.15, -0.1) is 9.05 Å². The van der Waals surface area contributed by atoms with Crippen molar-refractivity contribution in [1.29, 1.82) is 0 Å². The van der Waals surface area contributed by atoms with Crippen LogP contribution in [0, 0.1) is 0 Å². The Hall–Kier alpha value is -2.68. The van der Waals surface area contributed by atoms with Crippen LogP contribution in [0.5, 0.6) is 0 Å². The Labute approximate surface area is 253 Å². The minimum Gasteiger partial charge on any atom is -0.387 e. The first-order valence-corrected chi connectivity index (χ1v) is 16.8. The number of ether oxygens (including phenoxy) is 2.